The average molecular weight is 653 g/mol. The number of para-hydroxylation sites is 1. The van der Waals surface area contributed by atoms with Gasteiger partial charge in [-0.15, -0.1) is 10.2 Å². The molecule has 1 saturated heterocycles. The highest BCUT2D eigenvalue weighted by Gasteiger charge is 2.56. The largest absolute Gasteiger partial charge is 0.462 e. The SMILES string of the molecule is CC(C)OC(=O)[C@H](C)NP(=O)(OC[C@H]1O[C@@H](n2cnc3c(N)nc(Cl)nc32)C(F)C1(C)Cc1nn[nH]n1)Oc1ccccc1. The summed E-state index contributed by atoms with van der Waals surface area (Å²) in [7, 11) is -4.30. The molecule has 16 nitrogen and oxygen atoms in total. The average Bonchev–Trinajstić information content (AvgIpc) is 3.67. The van der Waals surface area contributed by atoms with Crippen molar-refractivity contribution in [3.63, 3.8) is 0 Å². The van der Waals surface area contributed by atoms with E-state index < -0.39 is 56.4 Å². The van der Waals surface area contributed by atoms with Crippen LogP contribution >= 0.6 is 19.3 Å². The number of nitrogens with one attached hydrogen (secondary N) is 2. The molecule has 0 saturated carbocycles. The van der Waals surface area contributed by atoms with Gasteiger partial charge in [-0.25, -0.2) is 13.9 Å². The first-order valence-electron chi connectivity index (χ1n) is 13.5. The van der Waals surface area contributed by atoms with Crippen LogP contribution in [0.25, 0.3) is 11.2 Å². The second-order valence-electron chi connectivity index (χ2n) is 10.7. The van der Waals surface area contributed by atoms with Crippen molar-refractivity contribution in [2.24, 2.45) is 5.41 Å². The molecule has 4 aromatic rings. The molecule has 0 spiro atoms. The Kier molecular flexibility index (Phi) is 9.13. The summed E-state index contributed by atoms with van der Waals surface area (Å²) in [4.78, 5) is 24.8. The van der Waals surface area contributed by atoms with Crippen molar-refractivity contribution in [1.29, 1.82) is 0 Å². The molecule has 19 heteroatoms. The number of tetrazole rings is 1. The number of rotatable bonds is 12. The molecule has 44 heavy (non-hydrogen) atoms. The van der Waals surface area contributed by atoms with Gasteiger partial charge in [0.25, 0.3) is 0 Å². The summed E-state index contributed by atoms with van der Waals surface area (Å²) in [6.07, 6.45) is -3.24. The lowest BCUT2D eigenvalue weighted by molar-refractivity contribution is -0.149. The van der Waals surface area contributed by atoms with Gasteiger partial charge in [0.05, 0.1) is 25.1 Å². The number of imidazole rings is 1. The number of ether oxygens (including phenoxy) is 2. The topological polar surface area (TPSA) is 207 Å². The van der Waals surface area contributed by atoms with Crippen LogP contribution in [0.4, 0.5) is 10.2 Å². The third-order valence-corrected chi connectivity index (χ3v) is 8.78. The Morgan fingerprint density at radius 2 is 2.05 bits per heavy atom. The Hall–Kier alpha value is -3.76. The summed E-state index contributed by atoms with van der Waals surface area (Å²) in [6.45, 7) is 5.99. The van der Waals surface area contributed by atoms with Crippen LogP contribution in [0.3, 0.4) is 0 Å². The van der Waals surface area contributed by atoms with Crippen molar-refractivity contribution in [3.8, 4) is 5.75 Å². The van der Waals surface area contributed by atoms with Crippen LogP contribution in [0, 0.1) is 5.41 Å². The minimum absolute atomic E-state index is 0.0109. The number of benzene rings is 1. The van der Waals surface area contributed by atoms with Crippen LogP contribution < -0.4 is 15.3 Å². The maximum absolute atomic E-state index is 16.6. The van der Waals surface area contributed by atoms with E-state index in [9.17, 15) is 9.36 Å². The van der Waals surface area contributed by atoms with Crippen LogP contribution in [0.1, 0.15) is 39.7 Å². The zero-order valence-corrected chi connectivity index (χ0v) is 25.8. The molecule has 1 aliphatic rings. The zero-order chi connectivity index (χ0) is 31.6. The number of hydrogen-bond donors (Lipinski definition) is 3. The second-order valence-corrected chi connectivity index (χ2v) is 12.7. The Bertz CT molecular complexity index is 1650. The Balaban J connectivity index is 1.45. The normalized spacial score (nSPS) is 23.9. The number of H-pyrrole nitrogens is 1. The van der Waals surface area contributed by atoms with Crippen molar-refractivity contribution in [1.82, 2.24) is 45.2 Å². The van der Waals surface area contributed by atoms with Gasteiger partial charge in [-0.2, -0.15) is 20.3 Å². The van der Waals surface area contributed by atoms with Crippen molar-refractivity contribution in [2.75, 3.05) is 12.3 Å². The Labute approximate surface area is 255 Å². The quantitative estimate of drug-likeness (QED) is 0.114. The molecule has 0 radical (unpaired) electrons. The third-order valence-electron chi connectivity index (χ3n) is 6.96. The molecule has 5 rings (SSSR count). The van der Waals surface area contributed by atoms with E-state index in [1.807, 2.05) is 0 Å². The van der Waals surface area contributed by atoms with Crippen molar-refractivity contribution < 1.29 is 32.3 Å². The van der Waals surface area contributed by atoms with E-state index in [0.29, 0.717) is 0 Å². The number of nitrogens with zero attached hydrogens (tertiary/aromatic N) is 7. The number of alkyl halides is 1. The maximum atomic E-state index is 16.6. The number of fused-ring (bicyclic) bond motifs is 1. The summed E-state index contributed by atoms with van der Waals surface area (Å²) in [5.74, 6) is -0.247. The number of anilines is 1. The van der Waals surface area contributed by atoms with Crippen LogP contribution in [-0.2, 0) is 29.8 Å². The number of nitrogen functional groups attached to an aromatic ring is 1. The first kappa shape index (κ1) is 31.7. The molecule has 3 unspecified atom stereocenters. The zero-order valence-electron chi connectivity index (χ0n) is 24.1. The maximum Gasteiger partial charge on any atom is 0.459 e. The lowest BCUT2D eigenvalue weighted by atomic mass is 9.78. The highest BCUT2D eigenvalue weighted by atomic mass is 35.5. The molecule has 0 aliphatic carbocycles. The number of aromatic nitrogens is 8. The number of carbonyl (C=O) groups is 1. The number of aromatic amines is 1. The van der Waals surface area contributed by atoms with Gasteiger partial charge >= 0.3 is 13.7 Å². The monoisotopic (exact) mass is 652 g/mol. The molecule has 1 aliphatic heterocycles. The molecule has 236 valence electrons. The number of esters is 1. The van der Waals surface area contributed by atoms with Crippen LogP contribution in [0.2, 0.25) is 5.28 Å². The fourth-order valence-corrected chi connectivity index (χ4v) is 6.40. The van der Waals surface area contributed by atoms with Gasteiger partial charge in [-0.3, -0.25) is 13.9 Å². The summed E-state index contributed by atoms with van der Waals surface area (Å²) < 4.78 is 55.1. The molecule has 0 amide bonds. The number of halogens is 2. The van der Waals surface area contributed by atoms with Gasteiger partial charge in [0.15, 0.2) is 29.7 Å². The minimum Gasteiger partial charge on any atom is -0.462 e. The van der Waals surface area contributed by atoms with E-state index in [1.54, 1.807) is 51.1 Å². The molecule has 6 atom stereocenters. The Morgan fingerprint density at radius 3 is 2.73 bits per heavy atom. The van der Waals surface area contributed by atoms with E-state index in [2.05, 4.69) is 40.7 Å². The van der Waals surface area contributed by atoms with E-state index >= 15 is 4.39 Å². The molecule has 1 aromatic carbocycles. The van der Waals surface area contributed by atoms with Crippen LogP contribution in [-0.4, -0.2) is 77.1 Å². The van der Waals surface area contributed by atoms with Crippen LogP contribution in [0.15, 0.2) is 36.7 Å². The summed E-state index contributed by atoms with van der Waals surface area (Å²) in [5.41, 5.74) is 4.93. The van der Waals surface area contributed by atoms with E-state index in [-0.39, 0.29) is 40.3 Å². The summed E-state index contributed by atoms with van der Waals surface area (Å²) >= 11 is 6.02. The molecule has 3 aromatic heterocycles. The van der Waals surface area contributed by atoms with Gasteiger partial charge in [0, 0.05) is 11.8 Å². The first-order valence-corrected chi connectivity index (χ1v) is 15.5. The van der Waals surface area contributed by atoms with Gasteiger partial charge < -0.3 is 19.7 Å². The van der Waals surface area contributed by atoms with Crippen molar-refractivity contribution in [2.45, 2.75) is 64.8 Å². The number of hydrogen-bond acceptors (Lipinski definition) is 13. The molecular formula is C25H31ClFN10O6P. The Morgan fingerprint density at radius 1 is 1.30 bits per heavy atom. The van der Waals surface area contributed by atoms with E-state index in [0.717, 1.165) is 0 Å². The van der Waals surface area contributed by atoms with E-state index in [4.69, 9.17) is 35.9 Å². The lowest BCUT2D eigenvalue weighted by Crippen LogP contribution is -2.41. The molecule has 0 bridgehead atoms. The number of carbonyl (C=O) groups excluding carboxylic acids is 1. The summed E-state index contributed by atoms with van der Waals surface area (Å²) in [6, 6.07) is 7.15. The van der Waals surface area contributed by atoms with Crippen molar-refractivity contribution >= 4 is 42.3 Å². The van der Waals surface area contributed by atoms with Crippen LogP contribution in [0.5, 0.6) is 5.75 Å². The fourth-order valence-electron chi connectivity index (χ4n) is 4.74. The fraction of sp³-hybridized carbons (Fsp3) is 0.480. The molecular weight excluding hydrogens is 622 g/mol. The van der Waals surface area contributed by atoms with Gasteiger partial charge in [0.2, 0.25) is 5.28 Å². The molecule has 4 N–H and O–H groups in total. The van der Waals surface area contributed by atoms with Gasteiger partial charge in [0.1, 0.15) is 17.3 Å². The molecule has 1 fully saturated rings. The standard InChI is InChI=1S/C25H31ClFN10O6P/c1-13(2)41-23(38)14(3)34-44(39,43-15-8-6-5-7-9-15)40-11-16-25(4,10-17-32-35-36-33-17)19(27)22(42-16)37-12-29-18-20(28)30-24(26)31-21(18)37/h5-9,12-14,16,19,22H,10-11H2,1-4H3,(H,34,39)(H2,28,30,31)(H,32,33,35,36)/t14-,16+,19?,22+,25?,44?/m0/s1. The minimum atomic E-state index is -4.30. The van der Waals surface area contributed by atoms with Gasteiger partial charge in [-0.1, -0.05) is 30.3 Å². The van der Waals surface area contributed by atoms with E-state index in [1.165, 1.54) is 17.8 Å². The third kappa shape index (κ3) is 6.66. The molecule has 4 heterocycles. The highest BCUT2D eigenvalue weighted by Crippen LogP contribution is 2.51. The number of nitrogens with two attached hydrogens (primary N) is 1. The first-order chi connectivity index (χ1) is 20.9. The smallest absolute Gasteiger partial charge is 0.459 e. The predicted molar refractivity (Wildman–Crippen MR) is 154 cm³/mol. The highest BCUT2D eigenvalue weighted by molar-refractivity contribution is 7.52. The van der Waals surface area contributed by atoms with Gasteiger partial charge in [-0.05, 0) is 44.5 Å². The summed E-state index contributed by atoms with van der Waals surface area (Å²) in [5, 5.41) is 16.3. The predicted octanol–water partition coefficient (Wildman–Crippen LogP) is 3.19. The van der Waals surface area contributed by atoms with Crippen molar-refractivity contribution in [3.05, 3.63) is 47.8 Å². The second kappa shape index (κ2) is 12.7. The lowest BCUT2D eigenvalue weighted by Gasteiger charge is -2.31.